The number of aromatic nitrogens is 2. The highest BCUT2D eigenvalue weighted by atomic mass is 19.4. The summed E-state index contributed by atoms with van der Waals surface area (Å²) < 4.78 is 43.6. The van der Waals surface area contributed by atoms with Crippen LogP contribution >= 0.6 is 0 Å². The van der Waals surface area contributed by atoms with Gasteiger partial charge in [-0.1, -0.05) is 29.4 Å². The van der Waals surface area contributed by atoms with Crippen LogP contribution in [0.25, 0.3) is 22.1 Å². The van der Waals surface area contributed by atoms with E-state index in [2.05, 4.69) is 20.8 Å². The van der Waals surface area contributed by atoms with Crippen LogP contribution in [0.3, 0.4) is 0 Å². The summed E-state index contributed by atoms with van der Waals surface area (Å²) in [7, 11) is 0. The van der Waals surface area contributed by atoms with E-state index in [9.17, 15) is 18.0 Å². The minimum absolute atomic E-state index is 0.155. The molecule has 1 atom stereocenters. The minimum Gasteiger partial charge on any atom is -0.465 e. The molecule has 2 aromatic heterocycles. The Labute approximate surface area is 186 Å². The lowest BCUT2D eigenvalue weighted by atomic mass is 10.0. The van der Waals surface area contributed by atoms with Gasteiger partial charge in [0.15, 0.2) is 11.6 Å². The van der Waals surface area contributed by atoms with Gasteiger partial charge in [-0.05, 0) is 41.6 Å². The monoisotopic (exact) mass is 456 g/mol. The molecule has 1 amide bonds. The highest BCUT2D eigenvalue weighted by Gasteiger charge is 2.30. The molecule has 0 unspecified atom stereocenters. The molecule has 0 spiro atoms. The van der Waals surface area contributed by atoms with E-state index in [0.29, 0.717) is 17.1 Å². The van der Waals surface area contributed by atoms with Gasteiger partial charge in [-0.25, -0.2) is 4.79 Å². The van der Waals surface area contributed by atoms with Gasteiger partial charge < -0.3 is 20.3 Å². The average molecular weight is 456 g/mol. The molecule has 0 aliphatic heterocycles. The first-order valence-corrected chi connectivity index (χ1v) is 9.98. The number of nitrogens with one attached hydrogen (secondary N) is 2. The third-order valence-electron chi connectivity index (χ3n) is 5.06. The summed E-state index contributed by atoms with van der Waals surface area (Å²) in [6.07, 6.45) is -2.00. The average Bonchev–Trinajstić information content (AvgIpc) is 3.26. The fourth-order valence-electron chi connectivity index (χ4n) is 3.42. The molecule has 4 aromatic rings. The van der Waals surface area contributed by atoms with Gasteiger partial charge in [-0.3, -0.25) is 4.98 Å². The van der Waals surface area contributed by atoms with Gasteiger partial charge >= 0.3 is 12.3 Å². The predicted octanol–water partition coefficient (Wildman–Crippen LogP) is 5.20. The summed E-state index contributed by atoms with van der Waals surface area (Å²) in [5.74, 6) is 0.936. The SMILES string of the molecule is O=C(O)N[C@H](CNc1cc(-c2ccc3cnccc3c2)on1)Cc1ccc(C(F)(F)F)cc1. The van der Waals surface area contributed by atoms with Crippen LogP contribution < -0.4 is 10.6 Å². The number of nitrogens with zero attached hydrogens (tertiary/aromatic N) is 2. The molecule has 0 saturated heterocycles. The standard InChI is InChI=1S/C23H19F3N4O3/c24-23(25,26)18-5-1-14(2-6-18)9-19(29-22(31)32)13-28-21-11-20(33-30-21)16-3-4-17-12-27-8-7-15(17)10-16/h1-8,10-12,19,29H,9,13H2,(H,28,30)(H,31,32)/t19-/m0/s1. The van der Waals surface area contributed by atoms with Crippen LogP contribution in [0.4, 0.5) is 23.8 Å². The number of carbonyl (C=O) groups is 1. The van der Waals surface area contributed by atoms with Crippen molar-refractivity contribution in [2.75, 3.05) is 11.9 Å². The lowest BCUT2D eigenvalue weighted by Crippen LogP contribution is -2.40. The number of pyridine rings is 1. The second kappa shape index (κ2) is 9.19. The van der Waals surface area contributed by atoms with E-state index in [1.807, 2.05) is 24.3 Å². The number of carboxylic acid groups (broad SMARTS) is 1. The van der Waals surface area contributed by atoms with Gasteiger partial charge in [0.2, 0.25) is 0 Å². The number of benzene rings is 2. The van der Waals surface area contributed by atoms with E-state index < -0.39 is 23.9 Å². The molecule has 0 aliphatic rings. The van der Waals surface area contributed by atoms with Crippen molar-refractivity contribution in [1.82, 2.24) is 15.5 Å². The van der Waals surface area contributed by atoms with Crippen LogP contribution in [-0.4, -0.2) is 33.9 Å². The lowest BCUT2D eigenvalue weighted by Gasteiger charge is -2.18. The number of hydrogen-bond donors (Lipinski definition) is 3. The van der Waals surface area contributed by atoms with Gasteiger partial charge in [0.1, 0.15) is 0 Å². The molecular formula is C23H19F3N4O3. The Morgan fingerprint density at radius 1 is 1.06 bits per heavy atom. The van der Waals surface area contributed by atoms with Crippen molar-refractivity contribution in [2.24, 2.45) is 0 Å². The maximum Gasteiger partial charge on any atom is 0.416 e. The van der Waals surface area contributed by atoms with Crippen molar-refractivity contribution in [1.29, 1.82) is 0 Å². The van der Waals surface area contributed by atoms with Gasteiger partial charge in [-0.2, -0.15) is 13.2 Å². The van der Waals surface area contributed by atoms with Crippen LogP contribution in [-0.2, 0) is 12.6 Å². The Kier molecular flexibility index (Phi) is 6.16. The Hall–Kier alpha value is -4.08. The van der Waals surface area contributed by atoms with Crippen LogP contribution in [0.15, 0.2) is 71.5 Å². The summed E-state index contributed by atoms with van der Waals surface area (Å²) in [6.45, 7) is 0.155. The lowest BCUT2D eigenvalue weighted by molar-refractivity contribution is -0.137. The van der Waals surface area contributed by atoms with Gasteiger partial charge in [-0.15, -0.1) is 0 Å². The van der Waals surface area contributed by atoms with E-state index in [4.69, 9.17) is 9.63 Å². The summed E-state index contributed by atoms with van der Waals surface area (Å²) in [5.41, 5.74) is 0.626. The first-order valence-electron chi connectivity index (χ1n) is 9.98. The predicted molar refractivity (Wildman–Crippen MR) is 116 cm³/mol. The van der Waals surface area contributed by atoms with E-state index in [1.54, 1.807) is 18.5 Å². The summed E-state index contributed by atoms with van der Waals surface area (Å²) in [5, 5.41) is 20.5. The van der Waals surface area contributed by atoms with Gasteiger partial charge in [0, 0.05) is 36.0 Å². The molecule has 0 bridgehead atoms. The molecule has 0 radical (unpaired) electrons. The quantitative estimate of drug-likeness (QED) is 0.354. The van der Waals surface area contributed by atoms with Crippen molar-refractivity contribution >= 4 is 22.7 Å². The Bertz CT molecular complexity index is 1260. The zero-order valence-electron chi connectivity index (χ0n) is 17.1. The Balaban J connectivity index is 1.42. The maximum atomic E-state index is 12.7. The number of alkyl halides is 3. The van der Waals surface area contributed by atoms with Crippen molar-refractivity contribution in [3.63, 3.8) is 0 Å². The van der Waals surface area contributed by atoms with Crippen LogP contribution in [0.5, 0.6) is 0 Å². The second-order valence-electron chi connectivity index (χ2n) is 7.44. The first-order chi connectivity index (χ1) is 15.8. The van der Waals surface area contributed by atoms with E-state index in [0.717, 1.165) is 28.5 Å². The van der Waals surface area contributed by atoms with Gasteiger partial charge in [0.25, 0.3) is 0 Å². The third kappa shape index (κ3) is 5.59. The summed E-state index contributed by atoms with van der Waals surface area (Å²) >= 11 is 0. The van der Waals surface area contributed by atoms with Crippen molar-refractivity contribution in [3.05, 3.63) is 78.1 Å². The maximum absolute atomic E-state index is 12.7. The third-order valence-corrected chi connectivity index (χ3v) is 5.06. The van der Waals surface area contributed by atoms with Crippen molar-refractivity contribution < 1.29 is 27.6 Å². The molecule has 0 saturated carbocycles. The number of hydrogen-bond acceptors (Lipinski definition) is 5. The first kappa shape index (κ1) is 22.1. The van der Waals surface area contributed by atoms with E-state index >= 15 is 0 Å². The second-order valence-corrected chi connectivity index (χ2v) is 7.44. The van der Waals surface area contributed by atoms with E-state index in [-0.39, 0.29) is 13.0 Å². The molecular weight excluding hydrogens is 437 g/mol. The molecule has 10 heteroatoms. The summed E-state index contributed by atoms with van der Waals surface area (Å²) in [4.78, 5) is 15.2. The number of halogens is 3. The number of anilines is 1. The highest BCUT2D eigenvalue weighted by molar-refractivity contribution is 5.85. The number of fused-ring (bicyclic) bond motifs is 1. The fourth-order valence-corrected chi connectivity index (χ4v) is 3.42. The van der Waals surface area contributed by atoms with Crippen molar-refractivity contribution in [3.8, 4) is 11.3 Å². The molecule has 33 heavy (non-hydrogen) atoms. The molecule has 4 rings (SSSR count). The molecule has 3 N–H and O–H groups in total. The zero-order valence-corrected chi connectivity index (χ0v) is 17.1. The van der Waals surface area contributed by atoms with Crippen LogP contribution in [0.2, 0.25) is 0 Å². The highest BCUT2D eigenvalue weighted by Crippen LogP contribution is 2.29. The Morgan fingerprint density at radius 3 is 2.58 bits per heavy atom. The fraction of sp³-hybridized carbons (Fsp3) is 0.174. The van der Waals surface area contributed by atoms with Crippen LogP contribution in [0.1, 0.15) is 11.1 Å². The smallest absolute Gasteiger partial charge is 0.416 e. The van der Waals surface area contributed by atoms with Crippen molar-refractivity contribution in [2.45, 2.75) is 18.6 Å². The molecule has 2 heterocycles. The topological polar surface area (TPSA) is 100 Å². The molecule has 0 aliphatic carbocycles. The Morgan fingerprint density at radius 2 is 1.85 bits per heavy atom. The molecule has 7 nitrogen and oxygen atoms in total. The van der Waals surface area contributed by atoms with Crippen LogP contribution in [0, 0.1) is 0 Å². The number of rotatable bonds is 7. The number of amides is 1. The largest absolute Gasteiger partial charge is 0.465 e. The molecule has 0 fully saturated rings. The molecule has 2 aromatic carbocycles. The normalized spacial score (nSPS) is 12.5. The van der Waals surface area contributed by atoms with Gasteiger partial charge in [0.05, 0.1) is 11.6 Å². The van der Waals surface area contributed by atoms with E-state index in [1.165, 1.54) is 12.1 Å². The minimum atomic E-state index is -4.43. The molecule has 170 valence electrons. The zero-order chi connectivity index (χ0) is 23.4. The summed E-state index contributed by atoms with van der Waals surface area (Å²) in [6, 6.07) is 13.3.